The number of carbonyl (C=O) groups excluding carboxylic acids is 3. The zero-order valence-electron chi connectivity index (χ0n) is 19.5. The van der Waals surface area contributed by atoms with E-state index < -0.39 is 11.9 Å². The molecule has 6 heteroatoms. The minimum absolute atomic E-state index is 0.0476. The summed E-state index contributed by atoms with van der Waals surface area (Å²) in [4.78, 5) is 34.0. The lowest BCUT2D eigenvalue weighted by molar-refractivity contribution is -0.697. The number of amides is 1. The first-order valence-electron chi connectivity index (χ1n) is 11.4. The molecule has 1 heterocycles. The Morgan fingerprint density at radius 3 is 2.35 bits per heavy atom. The van der Waals surface area contributed by atoms with E-state index in [1.54, 1.807) is 62.4 Å². The number of aliphatic carboxylic acids is 1. The van der Waals surface area contributed by atoms with Crippen molar-refractivity contribution in [2.45, 2.75) is 32.2 Å². The maximum atomic E-state index is 12.2. The molecule has 0 aromatic heterocycles. The summed E-state index contributed by atoms with van der Waals surface area (Å²) in [6, 6.07) is 24.4. The summed E-state index contributed by atoms with van der Waals surface area (Å²) in [5, 5.41) is 16.0. The Kier molecular flexibility index (Phi) is 8.71. The molecule has 176 valence electrons. The van der Waals surface area contributed by atoms with Crippen molar-refractivity contribution in [3.8, 4) is 0 Å². The number of carboxylic acids is 1. The van der Waals surface area contributed by atoms with E-state index in [0.717, 1.165) is 19.5 Å². The molecule has 0 spiro atoms. The van der Waals surface area contributed by atoms with E-state index in [2.05, 4.69) is 34.9 Å². The number of fused-ring (bicyclic) bond motifs is 1. The van der Waals surface area contributed by atoms with Gasteiger partial charge in [-0.3, -0.25) is 9.59 Å². The van der Waals surface area contributed by atoms with Crippen LogP contribution in [-0.4, -0.2) is 30.7 Å². The van der Waals surface area contributed by atoms with E-state index in [4.69, 9.17) is 0 Å². The second-order valence-electron chi connectivity index (χ2n) is 8.38. The largest absolute Gasteiger partial charge is 0.550 e. The molecule has 0 radical (unpaired) electrons. The minimum Gasteiger partial charge on any atom is -0.550 e. The highest BCUT2D eigenvalue weighted by Crippen LogP contribution is 2.19. The van der Waals surface area contributed by atoms with Gasteiger partial charge in [0.15, 0.2) is 5.78 Å². The predicted molar refractivity (Wildman–Crippen MR) is 128 cm³/mol. The molecule has 2 atom stereocenters. The van der Waals surface area contributed by atoms with Crippen LogP contribution in [0.4, 0.5) is 0 Å². The van der Waals surface area contributed by atoms with Gasteiger partial charge in [0.25, 0.3) is 0 Å². The van der Waals surface area contributed by atoms with E-state index in [-0.39, 0.29) is 11.7 Å². The average molecular weight is 459 g/mol. The average Bonchev–Trinajstić information content (AvgIpc) is 2.87. The Balaban J connectivity index is 0.000000196. The van der Waals surface area contributed by atoms with Crippen LogP contribution in [0.25, 0.3) is 0 Å². The quantitative estimate of drug-likeness (QED) is 0.550. The molecular formula is C28H30N2O4. The van der Waals surface area contributed by atoms with Gasteiger partial charge in [-0.15, -0.1) is 0 Å². The molecular weight excluding hydrogens is 428 g/mol. The smallest absolute Gasteiger partial charge is 0.217 e. The molecule has 6 nitrogen and oxygen atoms in total. The van der Waals surface area contributed by atoms with Crippen LogP contribution < -0.4 is 15.7 Å². The van der Waals surface area contributed by atoms with Gasteiger partial charge in [-0.25, -0.2) is 0 Å². The summed E-state index contributed by atoms with van der Waals surface area (Å²) < 4.78 is 0. The van der Waals surface area contributed by atoms with Gasteiger partial charge in [-0.05, 0) is 17.2 Å². The highest BCUT2D eigenvalue weighted by atomic mass is 16.4. The van der Waals surface area contributed by atoms with Crippen LogP contribution in [0.15, 0.2) is 78.9 Å². The van der Waals surface area contributed by atoms with Gasteiger partial charge >= 0.3 is 0 Å². The van der Waals surface area contributed by atoms with Crippen LogP contribution >= 0.6 is 0 Å². The van der Waals surface area contributed by atoms with Crippen LogP contribution in [0, 0.1) is 0 Å². The summed E-state index contributed by atoms with van der Waals surface area (Å²) in [7, 11) is 0. The van der Waals surface area contributed by atoms with Gasteiger partial charge in [0.1, 0.15) is 6.04 Å². The number of ketones is 1. The number of carbonyl (C=O) groups is 3. The Hall–Kier alpha value is -3.77. The number of rotatable bonds is 6. The van der Waals surface area contributed by atoms with Crippen molar-refractivity contribution in [2.24, 2.45) is 0 Å². The Morgan fingerprint density at radius 2 is 1.65 bits per heavy atom. The van der Waals surface area contributed by atoms with Crippen molar-refractivity contribution in [2.75, 3.05) is 13.1 Å². The van der Waals surface area contributed by atoms with Crippen LogP contribution in [0.1, 0.15) is 58.4 Å². The van der Waals surface area contributed by atoms with E-state index in [9.17, 15) is 19.5 Å². The molecule has 3 aromatic rings. The number of carboxylic acid groups (broad SMARTS) is 1. The van der Waals surface area contributed by atoms with Gasteiger partial charge in [0.05, 0.1) is 13.1 Å². The molecule has 3 N–H and O–H groups in total. The summed E-state index contributed by atoms with van der Waals surface area (Å²) in [5.41, 5.74) is 4.44. The molecule has 3 aromatic carbocycles. The van der Waals surface area contributed by atoms with E-state index in [0.29, 0.717) is 22.7 Å². The summed E-state index contributed by atoms with van der Waals surface area (Å²) in [6.45, 7) is 4.95. The first kappa shape index (κ1) is 24.9. The zero-order chi connectivity index (χ0) is 24.5. The maximum Gasteiger partial charge on any atom is 0.217 e. The molecule has 0 saturated heterocycles. The SMILES string of the molecule is CC(=O)NC[C@@H]1[NH2+]CCc2ccccc21.C[C@H](C(=O)[O-])c1cccc(C(=O)c2ccccc2)c1. The fourth-order valence-electron chi connectivity index (χ4n) is 3.98. The maximum absolute atomic E-state index is 12.2. The highest BCUT2D eigenvalue weighted by molar-refractivity contribution is 6.09. The Labute approximate surface area is 200 Å². The Bertz CT molecular complexity index is 1140. The topological polar surface area (TPSA) is 103 Å². The van der Waals surface area contributed by atoms with Crippen molar-refractivity contribution in [1.82, 2.24) is 5.32 Å². The van der Waals surface area contributed by atoms with E-state index in [1.165, 1.54) is 11.1 Å². The monoisotopic (exact) mass is 458 g/mol. The van der Waals surface area contributed by atoms with Gasteiger partial charge in [0.2, 0.25) is 5.91 Å². The van der Waals surface area contributed by atoms with Crippen molar-refractivity contribution in [3.05, 3.63) is 107 Å². The highest BCUT2D eigenvalue weighted by Gasteiger charge is 2.22. The van der Waals surface area contributed by atoms with Gasteiger partial charge < -0.3 is 20.5 Å². The van der Waals surface area contributed by atoms with Gasteiger partial charge in [0, 0.05) is 41.9 Å². The molecule has 1 aliphatic rings. The molecule has 0 aliphatic carbocycles. The normalized spacial score (nSPS) is 15.2. The second-order valence-corrected chi connectivity index (χ2v) is 8.38. The lowest BCUT2D eigenvalue weighted by Crippen LogP contribution is -2.88. The van der Waals surface area contributed by atoms with E-state index in [1.807, 2.05) is 6.07 Å². The molecule has 0 fully saturated rings. The summed E-state index contributed by atoms with van der Waals surface area (Å²) in [6.07, 6.45) is 1.13. The first-order valence-corrected chi connectivity index (χ1v) is 11.4. The van der Waals surface area contributed by atoms with Crippen LogP contribution in [0.3, 0.4) is 0 Å². The first-order chi connectivity index (χ1) is 16.4. The number of hydrogen-bond donors (Lipinski definition) is 2. The summed E-state index contributed by atoms with van der Waals surface area (Å²) >= 11 is 0. The summed E-state index contributed by atoms with van der Waals surface area (Å²) in [5.74, 6) is -1.95. The fourth-order valence-corrected chi connectivity index (χ4v) is 3.98. The molecule has 0 unspecified atom stereocenters. The third kappa shape index (κ3) is 6.62. The molecule has 1 amide bonds. The number of nitrogens with two attached hydrogens (primary N) is 1. The number of quaternary nitrogens is 1. The van der Waals surface area contributed by atoms with E-state index >= 15 is 0 Å². The van der Waals surface area contributed by atoms with Crippen LogP contribution in [0.2, 0.25) is 0 Å². The molecule has 34 heavy (non-hydrogen) atoms. The number of nitrogens with one attached hydrogen (secondary N) is 1. The van der Waals surface area contributed by atoms with Gasteiger partial charge in [-0.2, -0.15) is 0 Å². The molecule has 0 saturated carbocycles. The van der Waals surface area contributed by atoms with Crippen molar-refractivity contribution in [1.29, 1.82) is 0 Å². The third-order valence-corrected chi connectivity index (χ3v) is 5.93. The second kappa shape index (κ2) is 11.9. The van der Waals surface area contributed by atoms with Crippen LogP contribution in [0.5, 0.6) is 0 Å². The molecule has 0 bridgehead atoms. The fraction of sp³-hybridized carbons (Fsp3) is 0.250. The Morgan fingerprint density at radius 1 is 0.971 bits per heavy atom. The molecule has 1 aliphatic heterocycles. The number of hydrogen-bond acceptors (Lipinski definition) is 4. The molecule has 4 rings (SSSR count). The lowest BCUT2D eigenvalue weighted by Gasteiger charge is -2.23. The third-order valence-electron chi connectivity index (χ3n) is 5.93. The lowest BCUT2D eigenvalue weighted by atomic mass is 9.94. The van der Waals surface area contributed by atoms with Crippen LogP contribution in [-0.2, 0) is 16.0 Å². The van der Waals surface area contributed by atoms with Crippen molar-refractivity contribution in [3.63, 3.8) is 0 Å². The zero-order valence-corrected chi connectivity index (χ0v) is 19.5. The number of benzene rings is 3. The van der Waals surface area contributed by atoms with Crippen molar-refractivity contribution >= 4 is 17.7 Å². The predicted octanol–water partition coefficient (Wildman–Crippen LogP) is 1.75. The standard InChI is InChI=1S/C16H14O3.C12H16N2O/c1-11(16(18)19)13-8-5-9-14(10-13)15(17)12-6-3-2-4-7-12;1-9(15)14-8-12-11-5-3-2-4-10(11)6-7-13-12/h2-11H,1H3,(H,18,19);2-5,12-13H,6-8H2,1H3,(H,14,15)/t11-;12-/m00/s1. The van der Waals surface area contributed by atoms with Crippen molar-refractivity contribution < 1.29 is 24.8 Å². The minimum atomic E-state index is -1.15. The van der Waals surface area contributed by atoms with Gasteiger partial charge in [-0.1, -0.05) is 79.7 Å².